The Balaban J connectivity index is 1.34. The minimum atomic E-state index is -0.240. The highest BCUT2D eigenvalue weighted by Crippen LogP contribution is 2.69. The zero-order chi connectivity index (χ0) is 25.1. The molecule has 4 aliphatic rings. The molecule has 5 unspecified atom stereocenters. The lowest BCUT2D eigenvalue weighted by Gasteiger charge is -2.64. The molecule has 35 heavy (non-hydrogen) atoms. The largest absolute Gasteiger partial charge is 0.418 e. The van der Waals surface area contributed by atoms with Gasteiger partial charge in [0.1, 0.15) is 0 Å². The van der Waals surface area contributed by atoms with E-state index in [1.54, 1.807) is 0 Å². The number of aryl methyl sites for hydroxylation is 1. The first-order valence-electron chi connectivity index (χ1n) is 14.3. The van der Waals surface area contributed by atoms with Crippen LogP contribution < -0.4 is 0 Å². The number of hydrogen-bond acceptors (Lipinski definition) is 6. The number of carbonyl (C=O) groups excluding carboxylic acids is 1. The van der Waals surface area contributed by atoms with Crippen LogP contribution in [0, 0.1) is 52.3 Å². The quantitative estimate of drug-likeness (QED) is 0.518. The van der Waals surface area contributed by atoms with Gasteiger partial charge in [-0.25, -0.2) is 0 Å². The summed E-state index contributed by atoms with van der Waals surface area (Å²) >= 11 is 0. The minimum Gasteiger partial charge on any atom is -0.418 e. The van der Waals surface area contributed by atoms with E-state index < -0.39 is 0 Å². The van der Waals surface area contributed by atoms with Crippen LogP contribution in [0.3, 0.4) is 0 Å². The predicted octanol–water partition coefficient (Wildman–Crippen LogP) is 5.47. The zero-order valence-corrected chi connectivity index (χ0v) is 22.4. The van der Waals surface area contributed by atoms with Gasteiger partial charge in [0, 0.05) is 13.3 Å². The average molecular weight is 487 g/mol. The molecule has 0 saturated heterocycles. The van der Waals surface area contributed by atoms with Gasteiger partial charge in [-0.2, -0.15) is 0 Å². The van der Waals surface area contributed by atoms with Crippen LogP contribution in [0.25, 0.3) is 0 Å². The third-order valence-corrected chi connectivity index (χ3v) is 11.7. The highest BCUT2D eigenvalue weighted by Gasteiger charge is 2.64. The molecule has 0 spiro atoms. The summed E-state index contributed by atoms with van der Waals surface area (Å²) in [5.74, 6) is 3.96. The Morgan fingerprint density at radius 2 is 1.77 bits per heavy atom. The van der Waals surface area contributed by atoms with Gasteiger partial charge in [0.15, 0.2) is 0 Å². The maximum atomic E-state index is 11.9. The van der Waals surface area contributed by atoms with Crippen molar-refractivity contribution in [3.8, 4) is 0 Å². The highest BCUT2D eigenvalue weighted by atomic mass is 16.4. The second-order valence-electron chi connectivity index (χ2n) is 13.2. The van der Waals surface area contributed by atoms with Gasteiger partial charge in [-0.1, -0.05) is 34.1 Å². The fourth-order valence-corrected chi connectivity index (χ4v) is 9.98. The van der Waals surface area contributed by atoms with Crippen molar-refractivity contribution in [1.29, 1.82) is 0 Å². The molecule has 1 heterocycles. The van der Waals surface area contributed by atoms with Gasteiger partial charge in [-0.15, -0.1) is 10.2 Å². The van der Waals surface area contributed by atoms with Crippen molar-refractivity contribution in [2.24, 2.45) is 52.3 Å². The van der Waals surface area contributed by atoms with E-state index in [9.17, 15) is 15.0 Å². The van der Waals surface area contributed by atoms with Crippen LogP contribution in [0.5, 0.6) is 0 Å². The Labute approximate surface area is 210 Å². The SMILES string of the molecule is CC[C@H]1C(O)C2C3CCC([C@H](C)CCc4nnc(C(C)=O)o4)[C@@]3(C)CCC2[C@@]2(C)CC[C@@H](O)C[C@@H]12. The Morgan fingerprint density at radius 1 is 1.06 bits per heavy atom. The van der Waals surface area contributed by atoms with Crippen LogP contribution >= 0.6 is 0 Å². The van der Waals surface area contributed by atoms with Gasteiger partial charge >= 0.3 is 0 Å². The van der Waals surface area contributed by atoms with E-state index in [0.29, 0.717) is 53.7 Å². The molecule has 11 atom stereocenters. The van der Waals surface area contributed by atoms with E-state index in [1.165, 1.54) is 32.6 Å². The molecule has 0 amide bonds. The molecule has 4 fully saturated rings. The van der Waals surface area contributed by atoms with Gasteiger partial charge < -0.3 is 14.6 Å². The first kappa shape index (κ1) is 25.4. The fourth-order valence-electron chi connectivity index (χ4n) is 9.98. The van der Waals surface area contributed by atoms with Crippen LogP contribution in [0.2, 0.25) is 0 Å². The predicted molar refractivity (Wildman–Crippen MR) is 134 cm³/mol. The summed E-state index contributed by atoms with van der Waals surface area (Å²) in [6.45, 7) is 11.1. The summed E-state index contributed by atoms with van der Waals surface area (Å²) in [5.41, 5.74) is 0.512. The van der Waals surface area contributed by atoms with E-state index in [0.717, 1.165) is 32.1 Å². The van der Waals surface area contributed by atoms with Crippen molar-refractivity contribution in [3.05, 3.63) is 11.8 Å². The van der Waals surface area contributed by atoms with Crippen molar-refractivity contribution in [2.45, 2.75) is 111 Å². The molecule has 6 nitrogen and oxygen atoms in total. The van der Waals surface area contributed by atoms with Crippen LogP contribution in [-0.4, -0.2) is 38.4 Å². The second-order valence-corrected chi connectivity index (χ2v) is 13.2. The van der Waals surface area contributed by atoms with E-state index in [4.69, 9.17) is 4.42 Å². The van der Waals surface area contributed by atoms with Crippen molar-refractivity contribution >= 4 is 5.78 Å². The lowest BCUT2D eigenvalue weighted by molar-refractivity contribution is -0.203. The van der Waals surface area contributed by atoms with E-state index in [-0.39, 0.29) is 34.7 Å². The number of aromatic nitrogens is 2. The highest BCUT2D eigenvalue weighted by molar-refractivity contribution is 5.89. The number of rotatable bonds is 6. The van der Waals surface area contributed by atoms with Gasteiger partial charge in [0.2, 0.25) is 11.7 Å². The molecular formula is C29H46N2O4. The molecule has 1 aromatic heterocycles. The molecule has 0 aliphatic heterocycles. The molecule has 2 N–H and O–H groups in total. The summed E-state index contributed by atoms with van der Waals surface area (Å²) in [6.07, 6.45) is 10.1. The van der Waals surface area contributed by atoms with Crippen molar-refractivity contribution in [1.82, 2.24) is 10.2 Å². The van der Waals surface area contributed by atoms with Crippen LogP contribution in [0.4, 0.5) is 0 Å². The molecule has 0 bridgehead atoms. The van der Waals surface area contributed by atoms with Crippen molar-refractivity contribution in [2.75, 3.05) is 0 Å². The lowest BCUT2D eigenvalue weighted by Crippen LogP contribution is -2.62. The first-order valence-corrected chi connectivity index (χ1v) is 14.3. The standard InChI is InChI=1S/C29H46N2O4/c1-6-19-23-15-18(33)11-13-29(23,5)22-12-14-28(4)20(8-9-21(28)25(22)26(19)34)16(2)7-10-24-30-31-27(35-24)17(3)32/h16,18-23,25-26,33-34H,6-15H2,1-5H3/t16-,18-,19-,20?,21?,22?,23+,25?,26?,28-,29-/m1/s1. The Morgan fingerprint density at radius 3 is 2.46 bits per heavy atom. The molecule has 196 valence electrons. The van der Waals surface area contributed by atoms with Crippen LogP contribution in [-0.2, 0) is 6.42 Å². The molecule has 4 saturated carbocycles. The number of hydrogen-bond donors (Lipinski definition) is 2. The second kappa shape index (κ2) is 9.24. The van der Waals surface area contributed by atoms with E-state index in [1.807, 2.05) is 0 Å². The number of Topliss-reactive ketones (excluding diaryl/α,β-unsaturated/α-hetero) is 1. The molecular weight excluding hydrogens is 440 g/mol. The normalized spacial score (nSPS) is 45.9. The smallest absolute Gasteiger partial charge is 0.283 e. The van der Waals surface area contributed by atoms with E-state index >= 15 is 0 Å². The third kappa shape index (κ3) is 4.02. The van der Waals surface area contributed by atoms with Crippen LogP contribution in [0.15, 0.2) is 4.42 Å². The van der Waals surface area contributed by atoms with Gasteiger partial charge in [-0.3, -0.25) is 4.79 Å². The summed E-state index contributed by atoms with van der Waals surface area (Å²) in [5, 5.41) is 30.3. The molecule has 0 aromatic carbocycles. The fraction of sp³-hybridized carbons (Fsp3) is 0.897. The van der Waals surface area contributed by atoms with Gasteiger partial charge in [-0.05, 0) is 104 Å². The van der Waals surface area contributed by atoms with Crippen molar-refractivity contribution in [3.63, 3.8) is 0 Å². The Kier molecular flexibility index (Phi) is 6.70. The molecule has 6 heteroatoms. The number of aliphatic hydroxyl groups excluding tert-OH is 2. The molecule has 4 aliphatic carbocycles. The Bertz CT molecular complexity index is 932. The van der Waals surface area contributed by atoms with Gasteiger partial charge in [0.25, 0.3) is 5.89 Å². The summed E-state index contributed by atoms with van der Waals surface area (Å²) in [4.78, 5) is 11.5. The molecule has 5 rings (SSSR count). The average Bonchev–Trinajstić information content (AvgIpc) is 3.43. The maximum absolute atomic E-state index is 11.9. The summed E-state index contributed by atoms with van der Waals surface area (Å²) in [7, 11) is 0. The summed E-state index contributed by atoms with van der Waals surface area (Å²) in [6, 6.07) is 0. The minimum absolute atomic E-state index is 0.109. The lowest BCUT2D eigenvalue weighted by atomic mass is 9.41. The maximum Gasteiger partial charge on any atom is 0.283 e. The van der Waals surface area contributed by atoms with Gasteiger partial charge in [0.05, 0.1) is 12.2 Å². The van der Waals surface area contributed by atoms with E-state index in [2.05, 4.69) is 37.9 Å². The van der Waals surface area contributed by atoms with Crippen LogP contribution in [0.1, 0.15) is 109 Å². The summed E-state index contributed by atoms with van der Waals surface area (Å²) < 4.78 is 5.55. The number of fused-ring (bicyclic) bond motifs is 5. The zero-order valence-electron chi connectivity index (χ0n) is 22.4. The monoisotopic (exact) mass is 486 g/mol. The van der Waals surface area contributed by atoms with Crippen molar-refractivity contribution < 1.29 is 19.4 Å². The number of aliphatic hydroxyl groups is 2. The first-order chi connectivity index (χ1) is 16.6. The number of carbonyl (C=O) groups is 1. The topological polar surface area (TPSA) is 96.5 Å². The number of ketones is 1. The third-order valence-electron chi connectivity index (χ3n) is 11.7. The number of nitrogens with zero attached hydrogens (tertiary/aromatic N) is 2. The Hall–Kier alpha value is -1.27. The molecule has 1 aromatic rings. The molecule has 0 radical (unpaired) electrons.